The molecule has 2 N–H and O–H groups in total. The van der Waals surface area contributed by atoms with Crippen molar-refractivity contribution < 1.29 is 4.92 Å². The number of nitro groups is 1. The van der Waals surface area contributed by atoms with Gasteiger partial charge in [-0.3, -0.25) is 29.9 Å². The first kappa shape index (κ1) is 38.0. The number of nitro benzene ring substituents is 1. The van der Waals surface area contributed by atoms with Crippen molar-refractivity contribution in [2.45, 2.75) is 38.8 Å². The predicted octanol–water partition coefficient (Wildman–Crippen LogP) is 5.65. The van der Waals surface area contributed by atoms with Crippen LogP contribution in [0.15, 0.2) is 85.5 Å². The second kappa shape index (κ2) is 20.7. The van der Waals surface area contributed by atoms with Crippen LogP contribution < -0.4 is 5.73 Å². The van der Waals surface area contributed by atoms with Crippen LogP contribution in [0, 0.1) is 10.1 Å². The average molecular weight is 838 g/mol. The van der Waals surface area contributed by atoms with E-state index >= 15 is 0 Å². The highest BCUT2D eigenvalue weighted by molar-refractivity contribution is 14.1. The third-order valence-electron chi connectivity index (χ3n) is 7.75. The zero-order chi connectivity index (χ0) is 33.3. The zero-order valence-electron chi connectivity index (χ0n) is 26.3. The molecule has 0 spiro atoms. The third-order valence-corrected chi connectivity index (χ3v) is 7.75. The molecule has 4 radical (unpaired) electrons. The number of pyridine rings is 2. The Hall–Kier alpha value is -2.49. The monoisotopic (exact) mass is 838 g/mol. The van der Waals surface area contributed by atoms with E-state index in [1.807, 2.05) is 76.4 Å². The molecule has 2 aliphatic rings. The second-order valence-corrected chi connectivity index (χ2v) is 12.4. The number of aromatic nitrogens is 2. The Balaban J connectivity index is 0.000000215. The Bertz CT molecular complexity index is 1480. The molecule has 46 heavy (non-hydrogen) atoms. The highest BCUT2D eigenvalue weighted by Gasteiger charge is 2.17. The Morgan fingerprint density at radius 1 is 0.783 bits per heavy atom. The highest BCUT2D eigenvalue weighted by Crippen LogP contribution is 2.19. The van der Waals surface area contributed by atoms with Gasteiger partial charge in [0.05, 0.1) is 4.92 Å². The Labute approximate surface area is 303 Å². The van der Waals surface area contributed by atoms with Crippen LogP contribution in [0.5, 0.6) is 0 Å². The summed E-state index contributed by atoms with van der Waals surface area (Å²) >= 11 is 4.05. The fourth-order valence-corrected chi connectivity index (χ4v) is 5.31. The number of nitrogens with two attached hydrogens (primary N) is 1. The fourth-order valence-electron chi connectivity index (χ4n) is 5.31. The van der Waals surface area contributed by atoms with Crippen LogP contribution in [0.25, 0.3) is 0 Å². The van der Waals surface area contributed by atoms with E-state index in [0.29, 0.717) is 0 Å². The lowest BCUT2D eigenvalue weighted by atomic mass is 9.39. The molecule has 0 aliphatic carbocycles. The number of halogens is 2. The molecule has 0 saturated heterocycles. The van der Waals surface area contributed by atoms with Gasteiger partial charge < -0.3 is 5.73 Å². The summed E-state index contributed by atoms with van der Waals surface area (Å²) in [4.78, 5) is 25.5. The summed E-state index contributed by atoms with van der Waals surface area (Å²) in [5.74, 6) is 0. The van der Waals surface area contributed by atoms with E-state index in [9.17, 15) is 10.1 Å². The number of hydrogen-bond acceptors (Lipinski definition) is 7. The summed E-state index contributed by atoms with van der Waals surface area (Å²) in [5.41, 5.74) is 14.7. The molecule has 2 aromatic carbocycles. The Kier molecular flexibility index (Phi) is 17.1. The molecule has 13 heteroatoms. The van der Waals surface area contributed by atoms with Crippen LogP contribution in [0.4, 0.5) is 11.4 Å². The summed E-state index contributed by atoms with van der Waals surface area (Å²) < 4.78 is -0.197. The number of non-ortho nitro benzene ring substituents is 1. The van der Waals surface area contributed by atoms with Gasteiger partial charge in [-0.1, -0.05) is 46.9 Å². The average Bonchev–Trinajstić information content (AvgIpc) is 3.08. The van der Waals surface area contributed by atoms with E-state index < -0.39 is 0 Å². The number of nitrogen functional groups attached to an aromatic ring is 1. The van der Waals surface area contributed by atoms with Crippen LogP contribution in [0.3, 0.4) is 0 Å². The topological polar surface area (TPSA) is 101 Å². The molecule has 4 aromatic rings. The maximum Gasteiger partial charge on any atom is 0.269 e. The van der Waals surface area contributed by atoms with Gasteiger partial charge in [-0.15, -0.1) is 0 Å². The van der Waals surface area contributed by atoms with Crippen molar-refractivity contribution >= 4 is 76.2 Å². The Morgan fingerprint density at radius 2 is 1.20 bits per heavy atom. The molecule has 0 unspecified atom stereocenters. The smallest absolute Gasteiger partial charge is 0.269 e. The van der Waals surface area contributed by atoms with Gasteiger partial charge in [-0.2, -0.15) is 22.4 Å². The van der Waals surface area contributed by atoms with Crippen LogP contribution in [-0.2, 0) is 38.8 Å². The molecule has 0 bridgehead atoms. The largest absolute Gasteiger partial charge is 0.399 e. The van der Waals surface area contributed by atoms with Crippen molar-refractivity contribution in [2.75, 3.05) is 36.8 Å². The molecule has 0 atom stereocenters. The van der Waals surface area contributed by atoms with E-state index in [-0.39, 0.29) is 15.0 Å². The van der Waals surface area contributed by atoms with Crippen LogP contribution in [0.2, 0.25) is 0 Å². The minimum absolute atomic E-state index is 0.150. The summed E-state index contributed by atoms with van der Waals surface area (Å²) in [6.45, 7) is 6.23. The Morgan fingerprint density at radius 3 is 1.61 bits per heavy atom. The lowest BCUT2D eigenvalue weighted by molar-refractivity contribution is -0.384. The molecule has 4 heterocycles. The number of nitrogens with zero attached hydrogens (tertiary/aromatic N) is 5. The van der Waals surface area contributed by atoms with Crippen molar-refractivity contribution in [2.24, 2.45) is 0 Å². The van der Waals surface area contributed by atoms with E-state index in [1.165, 1.54) is 27.8 Å². The maximum absolute atomic E-state index is 10.6. The number of alkyl halides is 1. The second-order valence-electron chi connectivity index (χ2n) is 11.0. The first-order valence-corrected chi connectivity index (χ1v) is 18.6. The van der Waals surface area contributed by atoms with Gasteiger partial charge in [0.25, 0.3) is 5.69 Å². The maximum atomic E-state index is 10.6. The van der Waals surface area contributed by atoms with Crippen LogP contribution >= 0.6 is 45.0 Å². The SMILES string of the molecule is CI.Nc1ccc(CCN2CCc3ccncc3C2)cc1.O=[N+]([O-])c1ccc(CCN2CCc3ccncc3C2)cc1.[B]B([B])I. The standard InChI is InChI=1S/C16H17N3O2.C16H19N3.CH3I.B3I/c20-19(21)16-3-1-13(2-4-16)6-9-18-10-7-14-5-8-17-11-15(14)12-18;17-16-3-1-13(2-4-16)6-9-19-10-7-14-5-8-18-11-15(14)12-19;1-2;1-3(2)4/h1-5,8,11H,6-7,9-10,12H2;1-5,8,11H,6-7,9-10,12,17H2;1H3;. The normalized spacial score (nSPS) is 13.6. The minimum Gasteiger partial charge on any atom is -0.399 e. The van der Waals surface area contributed by atoms with Gasteiger partial charge >= 0.3 is 0 Å². The number of benzene rings is 2. The number of fused-ring (bicyclic) bond motifs is 2. The van der Waals surface area contributed by atoms with Crippen LogP contribution in [0.1, 0.15) is 33.4 Å². The van der Waals surface area contributed by atoms with E-state index in [2.05, 4.69) is 66.6 Å². The molecular formula is C33H39B3I2N6O2. The van der Waals surface area contributed by atoms with Crippen molar-refractivity contribution in [1.29, 1.82) is 0 Å². The first-order valence-electron chi connectivity index (χ1n) is 15.2. The van der Waals surface area contributed by atoms with Gasteiger partial charge in [-0.25, -0.2) is 0 Å². The van der Waals surface area contributed by atoms with Crippen molar-refractivity contribution in [3.8, 4) is 0 Å². The van der Waals surface area contributed by atoms with E-state index in [4.69, 9.17) is 21.2 Å². The van der Waals surface area contributed by atoms with Crippen molar-refractivity contribution in [3.05, 3.63) is 129 Å². The molecular weight excluding hydrogens is 799 g/mol. The highest BCUT2D eigenvalue weighted by atomic mass is 127. The molecule has 0 fully saturated rings. The van der Waals surface area contributed by atoms with Gasteiger partial charge in [-0.05, 0) is 88.3 Å². The van der Waals surface area contributed by atoms with Gasteiger partial charge in [0.2, 0.25) is 0 Å². The van der Waals surface area contributed by atoms with Gasteiger partial charge in [0.1, 0.15) is 4.35 Å². The lowest BCUT2D eigenvalue weighted by Gasteiger charge is -2.28. The van der Waals surface area contributed by atoms with Crippen molar-refractivity contribution in [3.63, 3.8) is 0 Å². The van der Waals surface area contributed by atoms with Crippen LogP contribution in [-0.4, -0.2) is 75.6 Å². The summed E-state index contributed by atoms with van der Waals surface area (Å²) in [6.07, 6.45) is 11.9. The first-order chi connectivity index (χ1) is 22.3. The predicted molar refractivity (Wildman–Crippen MR) is 209 cm³/mol. The van der Waals surface area contributed by atoms with Gasteiger partial charge in [0, 0.05) is 97.4 Å². The fraction of sp³-hybridized carbons (Fsp3) is 0.333. The third kappa shape index (κ3) is 13.3. The molecule has 2 aliphatic heterocycles. The quantitative estimate of drug-likeness (QED) is 0.0642. The lowest BCUT2D eigenvalue weighted by Crippen LogP contribution is -2.32. The summed E-state index contributed by atoms with van der Waals surface area (Å²) in [5, 5.41) is 10.6. The van der Waals surface area contributed by atoms with Crippen molar-refractivity contribution in [1.82, 2.24) is 19.8 Å². The van der Waals surface area contributed by atoms with Gasteiger partial charge in [0.15, 0.2) is 0 Å². The number of hydrogen-bond donors (Lipinski definition) is 1. The number of anilines is 1. The molecule has 8 nitrogen and oxygen atoms in total. The molecule has 236 valence electrons. The molecule has 6 rings (SSSR count). The zero-order valence-corrected chi connectivity index (χ0v) is 30.6. The molecule has 0 amide bonds. The summed E-state index contributed by atoms with van der Waals surface area (Å²) in [6, 6.07) is 19.3. The van der Waals surface area contributed by atoms with E-state index in [0.717, 1.165) is 76.2 Å². The molecule has 0 saturated carbocycles. The molecule has 2 aromatic heterocycles. The summed E-state index contributed by atoms with van der Waals surface area (Å²) in [7, 11) is 9.75. The van der Waals surface area contributed by atoms with E-state index in [1.54, 1.807) is 12.1 Å². The minimum atomic E-state index is -0.363. The number of rotatable bonds is 7.